The van der Waals surface area contributed by atoms with Crippen molar-refractivity contribution in [2.45, 2.75) is 32.2 Å². The third-order valence-electron chi connectivity index (χ3n) is 7.34. The molecule has 8 heteroatoms. The smallest absolute Gasteiger partial charge is 0.328 e. The maximum atomic E-state index is 12.6. The number of rotatable bonds is 7. The number of hydrogen-bond donors (Lipinski definition) is 2. The normalized spacial score (nSPS) is 17.8. The molecule has 2 aromatic rings. The summed E-state index contributed by atoms with van der Waals surface area (Å²) < 4.78 is 0. The lowest BCUT2D eigenvalue weighted by molar-refractivity contribution is -0.134. The number of carbonyl (C=O) groups excluding carboxylic acids is 1. The minimum atomic E-state index is -1.26. The summed E-state index contributed by atoms with van der Waals surface area (Å²) in [6, 6.07) is 17.0. The quantitative estimate of drug-likeness (QED) is 0.555. The average Bonchev–Trinajstić information content (AvgIpc) is 3.22. The highest BCUT2D eigenvalue weighted by Crippen LogP contribution is 2.28. The Balaban J connectivity index is 0.000000349. The Morgan fingerprint density at radius 2 is 1.49 bits per heavy atom. The van der Waals surface area contributed by atoms with Gasteiger partial charge in [-0.2, -0.15) is 0 Å². The van der Waals surface area contributed by atoms with Crippen LogP contribution in [0.4, 0.5) is 5.69 Å². The molecule has 196 valence electrons. The average molecular weight is 506 g/mol. The highest BCUT2D eigenvalue weighted by atomic mass is 16.4. The van der Waals surface area contributed by atoms with E-state index < -0.39 is 11.9 Å². The van der Waals surface area contributed by atoms with Gasteiger partial charge in [-0.3, -0.25) is 4.79 Å². The number of anilines is 1. The summed E-state index contributed by atoms with van der Waals surface area (Å²) in [5.74, 6) is -1.65. The Hall–Kier alpha value is -3.65. The van der Waals surface area contributed by atoms with Crippen LogP contribution in [0.25, 0.3) is 0 Å². The van der Waals surface area contributed by atoms with Crippen LogP contribution in [-0.2, 0) is 22.6 Å². The lowest BCUT2D eigenvalue weighted by Gasteiger charge is -2.37. The lowest BCUT2D eigenvalue weighted by Crippen LogP contribution is -2.43. The maximum Gasteiger partial charge on any atom is 0.328 e. The van der Waals surface area contributed by atoms with Crippen molar-refractivity contribution in [3.63, 3.8) is 0 Å². The molecule has 3 heterocycles. The Bertz CT molecular complexity index is 1120. The van der Waals surface area contributed by atoms with E-state index in [9.17, 15) is 14.4 Å². The molecule has 3 aliphatic heterocycles. The molecule has 0 bridgehead atoms. The number of carboxylic acid groups (broad SMARTS) is 2. The number of carbonyl (C=O) groups is 3. The molecule has 0 atom stereocenters. The van der Waals surface area contributed by atoms with Gasteiger partial charge in [0.05, 0.1) is 0 Å². The van der Waals surface area contributed by atoms with Gasteiger partial charge in [0, 0.05) is 56.1 Å². The predicted molar refractivity (Wildman–Crippen MR) is 142 cm³/mol. The van der Waals surface area contributed by atoms with E-state index in [1.807, 2.05) is 18.2 Å². The number of nitrogens with zero attached hydrogens (tertiary/aromatic N) is 3. The number of piperidine rings is 1. The van der Waals surface area contributed by atoms with Crippen LogP contribution in [0.15, 0.2) is 60.7 Å². The van der Waals surface area contributed by atoms with Crippen molar-refractivity contribution in [3.8, 4) is 0 Å². The molecule has 0 aliphatic carbocycles. The number of amides is 1. The first-order chi connectivity index (χ1) is 17.9. The number of hydrogen-bond acceptors (Lipinski definition) is 5. The monoisotopic (exact) mass is 505 g/mol. The zero-order chi connectivity index (χ0) is 26.2. The summed E-state index contributed by atoms with van der Waals surface area (Å²) in [4.78, 5) is 39.0. The minimum absolute atomic E-state index is 0.229. The predicted octanol–water partition coefficient (Wildman–Crippen LogP) is 3.52. The fourth-order valence-corrected chi connectivity index (χ4v) is 5.41. The standard InChI is InChI=1S/C25H31N3O.C4H4O4/c29-25-23-9-3-1-7-22(23)19-28(25)18-20-11-14-26(15-12-20)16-17-27-13-5-8-21-6-2-4-10-24(21)27;5-3(6)1-2-4(7)8/h1-4,6-7,9-10,20H,5,8,11-19H2;1-2H,(H,5,6)(H,7,8). The van der Waals surface area contributed by atoms with Gasteiger partial charge in [0.25, 0.3) is 5.91 Å². The first kappa shape index (κ1) is 26.4. The molecule has 0 spiro atoms. The van der Waals surface area contributed by atoms with Crippen molar-refractivity contribution in [2.24, 2.45) is 5.92 Å². The highest BCUT2D eigenvalue weighted by molar-refractivity contribution is 5.98. The van der Waals surface area contributed by atoms with Gasteiger partial charge >= 0.3 is 11.9 Å². The second-order valence-electron chi connectivity index (χ2n) is 9.86. The van der Waals surface area contributed by atoms with Gasteiger partial charge < -0.3 is 24.9 Å². The molecule has 1 amide bonds. The SMILES string of the molecule is O=C(O)C=CC(=O)O.O=C1c2ccccc2CN1CC1CCN(CCN2CCCc3ccccc32)CC1. The minimum Gasteiger partial charge on any atom is -0.478 e. The van der Waals surface area contributed by atoms with E-state index in [0.717, 1.165) is 44.8 Å². The second-order valence-corrected chi connectivity index (χ2v) is 9.86. The highest BCUT2D eigenvalue weighted by Gasteiger charge is 2.30. The number of aryl methyl sites for hydroxylation is 1. The molecule has 0 saturated carbocycles. The summed E-state index contributed by atoms with van der Waals surface area (Å²) in [5, 5.41) is 15.6. The van der Waals surface area contributed by atoms with Crippen molar-refractivity contribution in [1.82, 2.24) is 9.80 Å². The summed E-state index contributed by atoms with van der Waals surface area (Å²) in [5.41, 5.74) is 5.05. The molecule has 5 rings (SSSR count). The van der Waals surface area contributed by atoms with Crippen LogP contribution in [0.2, 0.25) is 0 Å². The molecule has 0 aromatic heterocycles. The van der Waals surface area contributed by atoms with Crippen LogP contribution in [0.1, 0.15) is 40.7 Å². The zero-order valence-corrected chi connectivity index (χ0v) is 21.1. The lowest BCUT2D eigenvalue weighted by atomic mass is 9.96. The number of carboxylic acids is 2. The van der Waals surface area contributed by atoms with Crippen molar-refractivity contribution in [3.05, 3.63) is 77.4 Å². The first-order valence-corrected chi connectivity index (χ1v) is 13.0. The number of aliphatic carboxylic acids is 2. The summed E-state index contributed by atoms with van der Waals surface area (Å²) in [6.45, 7) is 7.50. The summed E-state index contributed by atoms with van der Waals surface area (Å²) in [7, 11) is 0. The second kappa shape index (κ2) is 12.5. The van der Waals surface area contributed by atoms with E-state index in [-0.39, 0.29) is 5.91 Å². The van der Waals surface area contributed by atoms with Gasteiger partial charge in [0.2, 0.25) is 0 Å². The van der Waals surface area contributed by atoms with Gasteiger partial charge in [-0.1, -0.05) is 36.4 Å². The maximum absolute atomic E-state index is 12.6. The van der Waals surface area contributed by atoms with Crippen molar-refractivity contribution >= 4 is 23.5 Å². The van der Waals surface area contributed by atoms with Gasteiger partial charge in [0.1, 0.15) is 0 Å². The third kappa shape index (κ3) is 7.20. The van der Waals surface area contributed by atoms with Gasteiger partial charge in [0.15, 0.2) is 0 Å². The number of benzene rings is 2. The Morgan fingerprint density at radius 3 is 2.16 bits per heavy atom. The first-order valence-electron chi connectivity index (χ1n) is 13.0. The van der Waals surface area contributed by atoms with Crippen molar-refractivity contribution in [1.29, 1.82) is 0 Å². The van der Waals surface area contributed by atoms with Crippen LogP contribution in [0, 0.1) is 5.92 Å². The number of para-hydroxylation sites is 1. The molecular formula is C29H35N3O5. The van der Waals surface area contributed by atoms with Gasteiger partial charge in [-0.05, 0) is 68.0 Å². The topological polar surface area (TPSA) is 101 Å². The molecule has 8 nitrogen and oxygen atoms in total. The Kier molecular flexibility index (Phi) is 8.95. The van der Waals surface area contributed by atoms with E-state index in [1.165, 1.54) is 49.0 Å². The van der Waals surface area contributed by atoms with E-state index >= 15 is 0 Å². The fraction of sp³-hybridized carbons (Fsp3) is 0.414. The van der Waals surface area contributed by atoms with Crippen LogP contribution in [0.5, 0.6) is 0 Å². The summed E-state index contributed by atoms with van der Waals surface area (Å²) in [6.07, 6.45) is 6.01. The van der Waals surface area contributed by atoms with Crippen molar-refractivity contribution in [2.75, 3.05) is 44.2 Å². The van der Waals surface area contributed by atoms with Crippen LogP contribution < -0.4 is 4.90 Å². The van der Waals surface area contributed by atoms with Crippen LogP contribution in [-0.4, -0.2) is 77.1 Å². The van der Waals surface area contributed by atoms with Crippen LogP contribution in [0.3, 0.4) is 0 Å². The van der Waals surface area contributed by atoms with E-state index in [2.05, 4.69) is 45.0 Å². The molecule has 0 radical (unpaired) electrons. The van der Waals surface area contributed by atoms with Gasteiger partial charge in [-0.25, -0.2) is 9.59 Å². The molecule has 37 heavy (non-hydrogen) atoms. The van der Waals surface area contributed by atoms with E-state index in [4.69, 9.17) is 10.2 Å². The molecule has 1 fully saturated rings. The largest absolute Gasteiger partial charge is 0.478 e. The molecule has 2 aromatic carbocycles. The number of fused-ring (bicyclic) bond motifs is 2. The zero-order valence-electron chi connectivity index (χ0n) is 21.1. The summed E-state index contributed by atoms with van der Waals surface area (Å²) >= 11 is 0. The van der Waals surface area contributed by atoms with Gasteiger partial charge in [-0.15, -0.1) is 0 Å². The molecular weight excluding hydrogens is 470 g/mol. The Morgan fingerprint density at radius 1 is 0.838 bits per heavy atom. The molecule has 2 N–H and O–H groups in total. The van der Waals surface area contributed by atoms with E-state index in [1.54, 1.807) is 0 Å². The van der Waals surface area contributed by atoms with Crippen LogP contribution >= 0.6 is 0 Å². The Labute approximate surface area is 217 Å². The molecule has 1 saturated heterocycles. The van der Waals surface area contributed by atoms with E-state index in [0.29, 0.717) is 18.1 Å². The fourth-order valence-electron chi connectivity index (χ4n) is 5.41. The molecule has 3 aliphatic rings. The third-order valence-corrected chi connectivity index (χ3v) is 7.34. The molecule has 0 unspecified atom stereocenters. The number of likely N-dealkylation sites (tertiary alicyclic amines) is 1. The van der Waals surface area contributed by atoms with Crippen molar-refractivity contribution < 1.29 is 24.6 Å².